The smallest absolute Gasteiger partial charge is 0.240 e. The zero-order valence-electron chi connectivity index (χ0n) is 11.9. The molecule has 7 heteroatoms. The van der Waals surface area contributed by atoms with Gasteiger partial charge in [0.25, 0.3) is 0 Å². The lowest BCUT2D eigenvalue weighted by Crippen LogP contribution is -2.45. The summed E-state index contributed by atoms with van der Waals surface area (Å²) in [7, 11) is 1.46. The minimum absolute atomic E-state index is 0. The fraction of sp³-hybridized carbons (Fsp3) is 0.571. The number of ether oxygens (including phenoxy) is 1. The number of methoxy groups -OCH3 is 1. The lowest BCUT2D eigenvalue weighted by molar-refractivity contribution is 0.0738. The Morgan fingerprint density at radius 3 is 2.52 bits per heavy atom. The van der Waals surface area contributed by atoms with Gasteiger partial charge in [0.2, 0.25) is 6.43 Å². The molecule has 120 valence electrons. The van der Waals surface area contributed by atoms with E-state index in [9.17, 15) is 13.9 Å². The maximum Gasteiger partial charge on any atom is 0.240 e. The molecule has 4 nitrogen and oxygen atoms in total. The number of rotatable bonds is 5. The Kier molecular flexibility index (Phi) is 7.14. The number of nitrogens with one attached hydrogen (secondary N) is 1. The second-order valence-electron chi connectivity index (χ2n) is 4.86. The molecule has 0 aromatic heterocycles. The Morgan fingerprint density at radius 1 is 1.33 bits per heavy atom. The molecule has 0 saturated carbocycles. The monoisotopic (exact) mass is 322 g/mol. The Balaban J connectivity index is 0.00000220. The number of nitrogens with zero attached hydrogens (tertiary/aromatic N) is 1. The molecule has 1 heterocycles. The summed E-state index contributed by atoms with van der Waals surface area (Å²) in [5.74, 6) is 0.337. The highest BCUT2D eigenvalue weighted by atomic mass is 35.5. The van der Waals surface area contributed by atoms with Gasteiger partial charge in [0.05, 0.1) is 7.11 Å². The van der Waals surface area contributed by atoms with Crippen molar-refractivity contribution in [2.24, 2.45) is 0 Å². The van der Waals surface area contributed by atoms with Gasteiger partial charge in [-0.25, -0.2) is 8.78 Å². The van der Waals surface area contributed by atoms with Crippen LogP contribution in [0, 0.1) is 0 Å². The van der Waals surface area contributed by atoms with Gasteiger partial charge in [-0.1, -0.05) is 6.07 Å². The summed E-state index contributed by atoms with van der Waals surface area (Å²) in [5, 5.41) is 13.0. The molecule has 2 N–H and O–H groups in total. The summed E-state index contributed by atoms with van der Waals surface area (Å²) in [4.78, 5) is 2.03. The molecule has 1 saturated heterocycles. The van der Waals surface area contributed by atoms with Crippen molar-refractivity contribution in [1.82, 2.24) is 10.2 Å². The third-order valence-electron chi connectivity index (χ3n) is 3.58. The maximum atomic E-state index is 12.8. The second kappa shape index (κ2) is 8.36. The van der Waals surface area contributed by atoms with E-state index in [0.29, 0.717) is 11.3 Å². The van der Waals surface area contributed by atoms with Crippen LogP contribution in [0.5, 0.6) is 11.5 Å². The summed E-state index contributed by atoms with van der Waals surface area (Å²) >= 11 is 0. The van der Waals surface area contributed by atoms with Gasteiger partial charge in [0.15, 0.2) is 11.5 Å². The van der Waals surface area contributed by atoms with E-state index < -0.39 is 6.43 Å². The molecule has 1 aromatic carbocycles. The fourth-order valence-corrected chi connectivity index (χ4v) is 2.57. The third kappa shape index (κ3) is 4.69. The third-order valence-corrected chi connectivity index (χ3v) is 3.58. The van der Waals surface area contributed by atoms with Crippen molar-refractivity contribution in [1.29, 1.82) is 0 Å². The van der Waals surface area contributed by atoms with Crippen LogP contribution in [0.25, 0.3) is 0 Å². The van der Waals surface area contributed by atoms with Crippen molar-refractivity contribution in [2.45, 2.75) is 18.9 Å². The van der Waals surface area contributed by atoms with Crippen LogP contribution in [0.4, 0.5) is 8.78 Å². The van der Waals surface area contributed by atoms with Crippen LogP contribution < -0.4 is 10.1 Å². The van der Waals surface area contributed by atoms with Gasteiger partial charge in [-0.05, 0) is 17.7 Å². The lowest BCUT2D eigenvalue weighted by Gasteiger charge is -2.35. The van der Waals surface area contributed by atoms with Gasteiger partial charge in [0.1, 0.15) is 0 Å². The zero-order chi connectivity index (χ0) is 14.5. The Labute approximate surface area is 129 Å². The van der Waals surface area contributed by atoms with Crippen molar-refractivity contribution in [3.8, 4) is 11.5 Å². The first-order valence-corrected chi connectivity index (χ1v) is 6.71. The average Bonchev–Trinajstić information content (AvgIpc) is 2.45. The van der Waals surface area contributed by atoms with Crippen molar-refractivity contribution in [2.75, 3.05) is 33.3 Å². The number of hydrogen-bond acceptors (Lipinski definition) is 4. The van der Waals surface area contributed by atoms with E-state index in [1.54, 1.807) is 12.1 Å². The summed E-state index contributed by atoms with van der Waals surface area (Å²) < 4.78 is 30.7. The van der Waals surface area contributed by atoms with E-state index in [2.05, 4.69) is 5.32 Å². The number of halogens is 3. The molecule has 21 heavy (non-hydrogen) atoms. The quantitative estimate of drug-likeness (QED) is 0.874. The van der Waals surface area contributed by atoms with Crippen molar-refractivity contribution in [3.63, 3.8) is 0 Å². The Bertz CT molecular complexity index is 443. The number of phenolic OH excluding ortho intramolecular Hbond substituents is 1. The normalized spacial score (nSPS) is 17.3. The summed E-state index contributed by atoms with van der Waals surface area (Å²) in [6.07, 6.45) is -2.61. The summed E-state index contributed by atoms with van der Waals surface area (Å²) in [6, 6.07) is 4.50. The number of alkyl halides is 2. The van der Waals surface area contributed by atoms with Crippen LogP contribution in [0.15, 0.2) is 18.2 Å². The van der Waals surface area contributed by atoms with Crippen molar-refractivity contribution >= 4 is 12.4 Å². The number of hydrogen-bond donors (Lipinski definition) is 2. The number of phenols is 1. The molecular formula is C14H21ClF2N2O2. The topological polar surface area (TPSA) is 44.7 Å². The molecule has 1 aromatic rings. The molecule has 0 amide bonds. The highest BCUT2D eigenvalue weighted by Crippen LogP contribution is 2.33. The van der Waals surface area contributed by atoms with E-state index in [-0.39, 0.29) is 30.6 Å². The fourth-order valence-electron chi connectivity index (χ4n) is 2.57. The highest BCUT2D eigenvalue weighted by molar-refractivity contribution is 5.85. The number of benzene rings is 1. The van der Waals surface area contributed by atoms with Crippen LogP contribution >= 0.6 is 12.4 Å². The molecule has 0 spiro atoms. The van der Waals surface area contributed by atoms with Gasteiger partial charge in [0, 0.05) is 38.6 Å². The van der Waals surface area contributed by atoms with Crippen LogP contribution in [-0.2, 0) is 0 Å². The zero-order valence-corrected chi connectivity index (χ0v) is 12.7. The predicted octanol–water partition coefficient (Wildman–Crippen LogP) is 2.42. The second-order valence-corrected chi connectivity index (χ2v) is 4.86. The van der Waals surface area contributed by atoms with Gasteiger partial charge in [-0.3, -0.25) is 4.90 Å². The number of piperazine rings is 1. The molecule has 1 atom stereocenters. The molecule has 0 aliphatic carbocycles. The molecule has 1 aliphatic rings. The van der Waals surface area contributed by atoms with Crippen LogP contribution in [0.1, 0.15) is 18.0 Å². The maximum absolute atomic E-state index is 12.8. The molecular weight excluding hydrogens is 302 g/mol. The molecule has 0 radical (unpaired) electrons. The van der Waals surface area contributed by atoms with Crippen molar-refractivity contribution < 1.29 is 18.6 Å². The molecule has 2 rings (SSSR count). The largest absolute Gasteiger partial charge is 0.504 e. The number of aromatic hydroxyl groups is 1. The van der Waals surface area contributed by atoms with Crippen LogP contribution in [0.3, 0.4) is 0 Å². The van der Waals surface area contributed by atoms with Crippen LogP contribution in [0.2, 0.25) is 0 Å². The first-order chi connectivity index (χ1) is 9.61. The summed E-state index contributed by atoms with van der Waals surface area (Å²) in [6.45, 7) is 3.04. The molecule has 0 bridgehead atoms. The Morgan fingerprint density at radius 2 is 2.00 bits per heavy atom. The minimum Gasteiger partial charge on any atom is -0.504 e. The Hall–Kier alpha value is -1.11. The molecule has 1 aliphatic heterocycles. The predicted molar refractivity (Wildman–Crippen MR) is 79.7 cm³/mol. The van der Waals surface area contributed by atoms with Gasteiger partial charge >= 0.3 is 0 Å². The van der Waals surface area contributed by atoms with Crippen LogP contribution in [-0.4, -0.2) is 49.7 Å². The highest BCUT2D eigenvalue weighted by Gasteiger charge is 2.26. The molecule has 0 unspecified atom stereocenters. The van der Waals surface area contributed by atoms with E-state index in [4.69, 9.17) is 4.74 Å². The van der Waals surface area contributed by atoms with E-state index in [1.807, 2.05) is 4.90 Å². The molecule has 1 fully saturated rings. The summed E-state index contributed by atoms with van der Waals surface area (Å²) in [5.41, 5.74) is 0.700. The average molecular weight is 323 g/mol. The van der Waals surface area contributed by atoms with Gasteiger partial charge < -0.3 is 15.2 Å². The van der Waals surface area contributed by atoms with E-state index in [0.717, 1.165) is 26.2 Å². The first kappa shape index (κ1) is 17.9. The lowest BCUT2D eigenvalue weighted by atomic mass is 10.0. The SMILES string of the molecule is COc1ccc([C@H](CC(F)F)N2CCNCC2)cc1O.Cl. The van der Waals surface area contributed by atoms with Gasteiger partial charge in [-0.15, -0.1) is 12.4 Å². The van der Waals surface area contributed by atoms with Gasteiger partial charge in [-0.2, -0.15) is 0 Å². The minimum atomic E-state index is -2.38. The van der Waals surface area contributed by atoms with E-state index >= 15 is 0 Å². The standard InChI is InChI=1S/C14H20F2N2O2.ClH/c1-20-13-3-2-10(8-12(13)19)11(9-14(15)16)18-6-4-17-5-7-18;/h2-3,8,11,14,17,19H,4-7,9H2,1H3;1H/t11-;/m0./s1. The van der Waals surface area contributed by atoms with E-state index in [1.165, 1.54) is 13.2 Å². The van der Waals surface area contributed by atoms with Crippen molar-refractivity contribution in [3.05, 3.63) is 23.8 Å². The first-order valence-electron chi connectivity index (χ1n) is 6.71.